The number of halogens is 2. The molecule has 116 valence electrons. The number of benzene rings is 1. The summed E-state index contributed by atoms with van der Waals surface area (Å²) >= 11 is 5.84. The summed E-state index contributed by atoms with van der Waals surface area (Å²) in [7, 11) is -3.84. The Hall–Kier alpha value is -1.18. The van der Waals surface area contributed by atoms with Crippen LogP contribution in [0.5, 0.6) is 0 Å². The number of piperidine rings is 1. The normalized spacial score (nSPS) is 17.9. The van der Waals surface area contributed by atoms with E-state index in [1.54, 1.807) is 0 Å². The van der Waals surface area contributed by atoms with E-state index in [9.17, 15) is 17.6 Å². The molecule has 2 rings (SSSR count). The van der Waals surface area contributed by atoms with Gasteiger partial charge in [-0.1, -0.05) is 11.6 Å². The number of carboxylic acids is 1. The van der Waals surface area contributed by atoms with Crippen molar-refractivity contribution in [3.8, 4) is 0 Å². The zero-order valence-corrected chi connectivity index (χ0v) is 12.9. The summed E-state index contributed by atoms with van der Waals surface area (Å²) < 4.78 is 39.6. The molecule has 1 aliphatic rings. The van der Waals surface area contributed by atoms with Crippen molar-refractivity contribution in [1.82, 2.24) is 4.31 Å². The summed E-state index contributed by atoms with van der Waals surface area (Å²) in [6.45, 7) is 1.69. The molecule has 0 aromatic heterocycles. The first kappa shape index (κ1) is 16.2. The van der Waals surface area contributed by atoms with Gasteiger partial charge in [0.15, 0.2) is 0 Å². The molecule has 5 nitrogen and oxygen atoms in total. The number of carbonyl (C=O) groups is 1. The molecule has 1 aliphatic heterocycles. The molecule has 1 fully saturated rings. The molecular weight excluding hydrogens is 321 g/mol. The Balaban J connectivity index is 2.28. The molecule has 0 atom stereocenters. The predicted molar refractivity (Wildman–Crippen MR) is 75.3 cm³/mol. The second-order valence-corrected chi connectivity index (χ2v) is 7.36. The summed E-state index contributed by atoms with van der Waals surface area (Å²) in [6.07, 6.45) is 0.513. The van der Waals surface area contributed by atoms with Gasteiger partial charge in [-0.2, -0.15) is 4.31 Å². The first-order chi connectivity index (χ1) is 9.73. The van der Waals surface area contributed by atoms with Crippen molar-refractivity contribution in [2.45, 2.75) is 24.7 Å². The van der Waals surface area contributed by atoms with E-state index in [0.29, 0.717) is 0 Å². The average Bonchev–Trinajstić information content (AvgIpc) is 2.42. The van der Waals surface area contributed by atoms with E-state index in [0.717, 1.165) is 6.07 Å². The lowest BCUT2D eigenvalue weighted by atomic mass is 9.99. The molecule has 8 heteroatoms. The number of aliphatic carboxylic acids is 1. The van der Waals surface area contributed by atoms with Gasteiger partial charge in [0.25, 0.3) is 0 Å². The van der Waals surface area contributed by atoms with Gasteiger partial charge in [-0.3, -0.25) is 4.79 Å². The molecule has 0 unspecified atom stereocenters. The van der Waals surface area contributed by atoms with Crippen molar-refractivity contribution in [2.24, 2.45) is 5.92 Å². The lowest BCUT2D eigenvalue weighted by Crippen LogP contribution is -2.40. The molecule has 0 spiro atoms. The van der Waals surface area contributed by atoms with E-state index in [2.05, 4.69) is 0 Å². The zero-order valence-electron chi connectivity index (χ0n) is 11.3. The molecule has 0 aliphatic carbocycles. The first-order valence-electron chi connectivity index (χ1n) is 6.42. The zero-order chi connectivity index (χ0) is 15.8. The molecule has 0 radical (unpaired) electrons. The van der Waals surface area contributed by atoms with Gasteiger partial charge < -0.3 is 5.11 Å². The lowest BCUT2D eigenvalue weighted by molar-refractivity contribution is -0.142. The van der Waals surface area contributed by atoms with Gasteiger partial charge in [0, 0.05) is 13.1 Å². The largest absolute Gasteiger partial charge is 0.481 e. The number of nitrogens with zero attached hydrogens (tertiary/aromatic N) is 1. The average molecular weight is 336 g/mol. The first-order valence-corrected chi connectivity index (χ1v) is 8.24. The van der Waals surface area contributed by atoms with E-state index in [4.69, 9.17) is 16.7 Å². The van der Waals surface area contributed by atoms with Gasteiger partial charge in [0.1, 0.15) is 10.7 Å². The molecule has 0 amide bonds. The molecule has 1 N–H and O–H groups in total. The standard InChI is InChI=1S/C13H15ClFNO4S/c1-8-6-12(10(14)7-11(8)15)21(19,20)16-4-2-9(3-5-16)13(17)18/h6-7,9H,2-5H2,1H3,(H,17,18). The summed E-state index contributed by atoms with van der Waals surface area (Å²) in [6, 6.07) is 2.18. The Morgan fingerprint density at radius 2 is 1.95 bits per heavy atom. The number of sulfonamides is 1. The maximum Gasteiger partial charge on any atom is 0.306 e. The van der Waals surface area contributed by atoms with Crippen molar-refractivity contribution in [3.63, 3.8) is 0 Å². The van der Waals surface area contributed by atoms with Crippen LogP contribution in [0.1, 0.15) is 18.4 Å². The Labute approximate surface area is 127 Å². The second kappa shape index (κ2) is 5.90. The van der Waals surface area contributed by atoms with E-state index in [1.807, 2.05) is 0 Å². The van der Waals surface area contributed by atoms with Crippen LogP contribution in [0, 0.1) is 18.7 Å². The predicted octanol–water partition coefficient (Wildman–Crippen LogP) is 2.27. The maximum absolute atomic E-state index is 13.4. The molecule has 1 heterocycles. The highest BCUT2D eigenvalue weighted by molar-refractivity contribution is 7.89. The minimum Gasteiger partial charge on any atom is -0.481 e. The smallest absolute Gasteiger partial charge is 0.306 e. The third-order valence-corrected chi connectivity index (χ3v) is 6.00. The summed E-state index contributed by atoms with van der Waals surface area (Å²) in [5.74, 6) is -2.01. The van der Waals surface area contributed by atoms with Crippen LogP contribution in [0.2, 0.25) is 5.02 Å². The molecule has 1 saturated heterocycles. The van der Waals surface area contributed by atoms with Gasteiger partial charge in [-0.05, 0) is 37.5 Å². The van der Waals surface area contributed by atoms with Crippen molar-refractivity contribution in [1.29, 1.82) is 0 Å². The molecule has 0 saturated carbocycles. The fourth-order valence-electron chi connectivity index (χ4n) is 2.31. The highest BCUT2D eigenvalue weighted by Crippen LogP contribution is 2.30. The third kappa shape index (κ3) is 3.20. The highest BCUT2D eigenvalue weighted by Gasteiger charge is 2.33. The molecule has 1 aromatic rings. The molecular formula is C13H15ClFNO4S. The fourth-order valence-corrected chi connectivity index (χ4v) is 4.35. The topological polar surface area (TPSA) is 74.7 Å². The van der Waals surface area contributed by atoms with Crippen molar-refractivity contribution >= 4 is 27.6 Å². The van der Waals surface area contributed by atoms with Crippen LogP contribution in [-0.4, -0.2) is 36.9 Å². The van der Waals surface area contributed by atoms with Crippen LogP contribution in [0.3, 0.4) is 0 Å². The monoisotopic (exact) mass is 335 g/mol. The second-order valence-electron chi connectivity index (χ2n) is 5.05. The Morgan fingerprint density at radius 1 is 1.38 bits per heavy atom. The quantitative estimate of drug-likeness (QED) is 0.919. The van der Waals surface area contributed by atoms with Crippen molar-refractivity contribution in [2.75, 3.05) is 13.1 Å². The van der Waals surface area contributed by atoms with E-state index in [-0.39, 0.29) is 41.4 Å². The van der Waals surface area contributed by atoms with Crippen molar-refractivity contribution < 1.29 is 22.7 Å². The Bertz CT molecular complexity index is 669. The lowest BCUT2D eigenvalue weighted by Gasteiger charge is -2.29. The molecule has 1 aromatic carbocycles. The Morgan fingerprint density at radius 3 is 2.48 bits per heavy atom. The van der Waals surface area contributed by atoms with Crippen LogP contribution in [0.4, 0.5) is 4.39 Å². The molecule has 21 heavy (non-hydrogen) atoms. The maximum atomic E-state index is 13.4. The SMILES string of the molecule is Cc1cc(S(=O)(=O)N2CCC(C(=O)O)CC2)c(Cl)cc1F. The summed E-state index contributed by atoms with van der Waals surface area (Å²) in [5.41, 5.74) is 0.193. The minimum absolute atomic E-state index is 0.117. The summed E-state index contributed by atoms with van der Waals surface area (Å²) in [5, 5.41) is 8.76. The van der Waals surface area contributed by atoms with Crippen LogP contribution in [-0.2, 0) is 14.8 Å². The van der Waals surface area contributed by atoms with E-state index in [1.165, 1.54) is 17.3 Å². The number of rotatable bonds is 3. The van der Waals surface area contributed by atoms with E-state index >= 15 is 0 Å². The van der Waals surface area contributed by atoms with Gasteiger partial charge in [0.2, 0.25) is 10.0 Å². The number of aryl methyl sites for hydroxylation is 1. The van der Waals surface area contributed by atoms with Gasteiger partial charge in [0.05, 0.1) is 10.9 Å². The number of hydrogen-bond donors (Lipinski definition) is 1. The van der Waals surface area contributed by atoms with Gasteiger partial charge in [-0.15, -0.1) is 0 Å². The Kier molecular flexibility index (Phi) is 4.55. The van der Waals surface area contributed by atoms with E-state index < -0.39 is 27.7 Å². The summed E-state index contributed by atoms with van der Waals surface area (Å²) in [4.78, 5) is 10.7. The van der Waals surface area contributed by atoms with Crippen molar-refractivity contribution in [3.05, 3.63) is 28.5 Å². The highest BCUT2D eigenvalue weighted by atomic mass is 35.5. The van der Waals surface area contributed by atoms with Crippen LogP contribution in [0.15, 0.2) is 17.0 Å². The van der Waals surface area contributed by atoms with Crippen LogP contribution in [0.25, 0.3) is 0 Å². The third-order valence-electron chi connectivity index (χ3n) is 3.63. The molecule has 0 bridgehead atoms. The minimum atomic E-state index is -3.84. The van der Waals surface area contributed by atoms with Crippen LogP contribution >= 0.6 is 11.6 Å². The fraction of sp³-hybridized carbons (Fsp3) is 0.462. The van der Waals surface area contributed by atoms with Gasteiger partial charge >= 0.3 is 5.97 Å². The van der Waals surface area contributed by atoms with Crippen LogP contribution < -0.4 is 0 Å². The van der Waals surface area contributed by atoms with Gasteiger partial charge in [-0.25, -0.2) is 12.8 Å². The number of carboxylic acid groups (broad SMARTS) is 1. The number of hydrogen-bond acceptors (Lipinski definition) is 3.